The molecule has 3 rings (SSSR count). The summed E-state index contributed by atoms with van der Waals surface area (Å²) < 4.78 is 33.5. The van der Waals surface area contributed by atoms with E-state index in [-0.39, 0.29) is 17.2 Å². The van der Waals surface area contributed by atoms with Crippen molar-refractivity contribution < 1.29 is 17.9 Å². The number of amides is 1. The molecule has 1 amide bonds. The third-order valence-corrected chi connectivity index (χ3v) is 7.09. The summed E-state index contributed by atoms with van der Waals surface area (Å²) in [6, 6.07) is 13.4. The standard InChI is InChI=1S/C21H25N5O4S2/c1-15-9-10-18(30-3)19(13-15)32(28,29)26(17-7-5-4-6-8-17)14-20(27)22-11-12-31-21-23-16(2)24-25-21/h4-10,13H,11-12,14H2,1-3H3,(H,22,27)(H,23,24,25). The number of aryl methyl sites for hydroxylation is 2. The van der Waals surface area contributed by atoms with Crippen LogP contribution in [0.15, 0.2) is 58.6 Å². The van der Waals surface area contributed by atoms with Crippen LogP contribution in [0.3, 0.4) is 0 Å². The molecule has 1 heterocycles. The Morgan fingerprint density at radius 3 is 2.59 bits per heavy atom. The van der Waals surface area contributed by atoms with Crippen LogP contribution < -0.4 is 14.4 Å². The molecule has 0 radical (unpaired) electrons. The average molecular weight is 476 g/mol. The van der Waals surface area contributed by atoms with Crippen LogP contribution in [0.2, 0.25) is 0 Å². The first-order valence-corrected chi connectivity index (χ1v) is 12.2. The van der Waals surface area contributed by atoms with Crippen LogP contribution in [-0.2, 0) is 14.8 Å². The van der Waals surface area contributed by atoms with E-state index in [0.29, 0.717) is 29.0 Å². The number of ether oxygens (including phenoxy) is 1. The minimum Gasteiger partial charge on any atom is -0.495 e. The Labute approximate surface area is 191 Å². The number of nitrogens with zero attached hydrogens (tertiary/aromatic N) is 3. The van der Waals surface area contributed by atoms with Crippen LogP contribution in [-0.4, -0.2) is 55.5 Å². The summed E-state index contributed by atoms with van der Waals surface area (Å²) in [4.78, 5) is 16.8. The van der Waals surface area contributed by atoms with E-state index in [9.17, 15) is 13.2 Å². The number of aromatic nitrogens is 3. The molecule has 0 unspecified atom stereocenters. The minimum atomic E-state index is -4.07. The zero-order chi connectivity index (χ0) is 23.1. The van der Waals surface area contributed by atoms with Gasteiger partial charge < -0.3 is 10.1 Å². The molecular formula is C21H25N5O4S2. The van der Waals surface area contributed by atoms with Crippen LogP contribution in [0.5, 0.6) is 5.75 Å². The number of sulfonamides is 1. The van der Waals surface area contributed by atoms with Crippen molar-refractivity contribution >= 4 is 33.4 Å². The van der Waals surface area contributed by atoms with Gasteiger partial charge in [0, 0.05) is 12.3 Å². The number of H-pyrrole nitrogens is 1. The second-order valence-electron chi connectivity index (χ2n) is 6.90. The van der Waals surface area contributed by atoms with Crippen molar-refractivity contribution in [2.75, 3.05) is 30.3 Å². The summed E-state index contributed by atoms with van der Waals surface area (Å²) in [5.41, 5.74) is 1.15. The zero-order valence-electron chi connectivity index (χ0n) is 18.0. The largest absolute Gasteiger partial charge is 0.495 e. The number of para-hydroxylation sites is 1. The number of nitrogens with one attached hydrogen (secondary N) is 2. The number of hydrogen-bond donors (Lipinski definition) is 2. The molecule has 0 saturated carbocycles. The normalized spacial score (nSPS) is 11.2. The topological polar surface area (TPSA) is 117 Å². The van der Waals surface area contributed by atoms with Crippen LogP contribution >= 0.6 is 11.8 Å². The molecule has 32 heavy (non-hydrogen) atoms. The molecule has 0 spiro atoms. The molecule has 3 aromatic rings. The second-order valence-corrected chi connectivity index (χ2v) is 9.80. The Morgan fingerprint density at radius 2 is 1.94 bits per heavy atom. The first kappa shape index (κ1) is 23.6. The van der Waals surface area contributed by atoms with Gasteiger partial charge in [0.2, 0.25) is 11.1 Å². The predicted molar refractivity (Wildman–Crippen MR) is 124 cm³/mol. The fourth-order valence-electron chi connectivity index (χ4n) is 2.92. The summed E-state index contributed by atoms with van der Waals surface area (Å²) in [5.74, 6) is 1.06. The first-order chi connectivity index (χ1) is 15.3. The van der Waals surface area contributed by atoms with Gasteiger partial charge in [0.05, 0.1) is 12.8 Å². The lowest BCUT2D eigenvalue weighted by atomic mass is 10.2. The highest BCUT2D eigenvalue weighted by Gasteiger charge is 2.30. The van der Waals surface area contributed by atoms with E-state index in [1.165, 1.54) is 24.9 Å². The van der Waals surface area contributed by atoms with E-state index < -0.39 is 15.9 Å². The van der Waals surface area contributed by atoms with E-state index in [1.807, 2.05) is 0 Å². The Hall–Kier alpha value is -3.05. The molecule has 0 aliphatic carbocycles. The van der Waals surface area contributed by atoms with Gasteiger partial charge in [-0.15, -0.1) is 5.10 Å². The molecule has 170 valence electrons. The van der Waals surface area contributed by atoms with E-state index in [1.54, 1.807) is 56.3 Å². The highest BCUT2D eigenvalue weighted by molar-refractivity contribution is 7.99. The van der Waals surface area contributed by atoms with Crippen molar-refractivity contribution in [2.24, 2.45) is 0 Å². The highest BCUT2D eigenvalue weighted by Crippen LogP contribution is 2.30. The van der Waals surface area contributed by atoms with Gasteiger partial charge in [-0.2, -0.15) is 0 Å². The van der Waals surface area contributed by atoms with Crippen molar-refractivity contribution in [3.05, 3.63) is 59.9 Å². The molecule has 0 saturated heterocycles. The maximum atomic E-state index is 13.6. The van der Waals surface area contributed by atoms with Crippen LogP contribution in [0, 0.1) is 13.8 Å². The predicted octanol–water partition coefficient (Wildman–Crippen LogP) is 2.53. The van der Waals surface area contributed by atoms with Gasteiger partial charge in [0.15, 0.2) is 0 Å². The summed E-state index contributed by atoms with van der Waals surface area (Å²) in [6.45, 7) is 3.58. The number of methoxy groups -OCH3 is 1. The van der Waals surface area contributed by atoms with Gasteiger partial charge in [-0.1, -0.05) is 36.0 Å². The monoisotopic (exact) mass is 475 g/mol. The molecule has 0 aliphatic rings. The van der Waals surface area contributed by atoms with Crippen molar-refractivity contribution in [2.45, 2.75) is 23.9 Å². The SMILES string of the molecule is COc1ccc(C)cc1S(=O)(=O)N(CC(=O)NCCSc1n[nH]c(C)n1)c1ccccc1. The number of rotatable bonds is 10. The van der Waals surface area contributed by atoms with Crippen molar-refractivity contribution in [3.8, 4) is 5.75 Å². The number of benzene rings is 2. The van der Waals surface area contributed by atoms with Crippen LogP contribution in [0.1, 0.15) is 11.4 Å². The number of carbonyl (C=O) groups excluding carboxylic acids is 1. The van der Waals surface area contributed by atoms with Gasteiger partial charge in [0.25, 0.3) is 10.0 Å². The average Bonchev–Trinajstić information content (AvgIpc) is 3.20. The van der Waals surface area contributed by atoms with Gasteiger partial charge in [-0.25, -0.2) is 13.4 Å². The number of thioether (sulfide) groups is 1. The second kappa shape index (κ2) is 10.5. The van der Waals surface area contributed by atoms with Crippen molar-refractivity contribution in [3.63, 3.8) is 0 Å². The molecule has 0 bridgehead atoms. The zero-order valence-corrected chi connectivity index (χ0v) is 19.7. The van der Waals surface area contributed by atoms with Gasteiger partial charge >= 0.3 is 0 Å². The quantitative estimate of drug-likeness (QED) is 0.342. The number of carbonyl (C=O) groups is 1. The summed E-state index contributed by atoms with van der Waals surface area (Å²) >= 11 is 1.39. The van der Waals surface area contributed by atoms with E-state index >= 15 is 0 Å². The number of hydrogen-bond acceptors (Lipinski definition) is 7. The maximum absolute atomic E-state index is 13.6. The summed E-state index contributed by atoms with van der Waals surface area (Å²) in [5, 5.41) is 10.1. The van der Waals surface area contributed by atoms with Crippen molar-refractivity contribution in [1.82, 2.24) is 20.5 Å². The fourth-order valence-corrected chi connectivity index (χ4v) is 5.28. The van der Waals surface area contributed by atoms with Crippen LogP contribution in [0.4, 0.5) is 5.69 Å². The smallest absolute Gasteiger partial charge is 0.268 e. The molecule has 2 aromatic carbocycles. The Kier molecular flexibility index (Phi) is 7.75. The summed E-state index contributed by atoms with van der Waals surface area (Å²) in [7, 11) is -2.65. The fraction of sp³-hybridized carbons (Fsp3) is 0.286. The Bertz CT molecular complexity index is 1170. The number of anilines is 1. The highest BCUT2D eigenvalue weighted by atomic mass is 32.2. The van der Waals surface area contributed by atoms with E-state index in [0.717, 1.165) is 9.87 Å². The lowest BCUT2D eigenvalue weighted by Crippen LogP contribution is -2.41. The Balaban J connectivity index is 1.76. The van der Waals surface area contributed by atoms with Gasteiger partial charge in [-0.3, -0.25) is 14.2 Å². The maximum Gasteiger partial charge on any atom is 0.268 e. The minimum absolute atomic E-state index is 0.00665. The lowest BCUT2D eigenvalue weighted by Gasteiger charge is -2.25. The molecule has 2 N–H and O–H groups in total. The van der Waals surface area contributed by atoms with Crippen molar-refractivity contribution in [1.29, 1.82) is 0 Å². The first-order valence-electron chi connectivity index (χ1n) is 9.82. The Morgan fingerprint density at radius 1 is 1.19 bits per heavy atom. The molecular weight excluding hydrogens is 450 g/mol. The molecule has 9 nitrogen and oxygen atoms in total. The molecule has 1 aromatic heterocycles. The van der Waals surface area contributed by atoms with Gasteiger partial charge in [-0.05, 0) is 43.7 Å². The van der Waals surface area contributed by atoms with Gasteiger partial charge in [0.1, 0.15) is 23.0 Å². The third kappa shape index (κ3) is 5.80. The lowest BCUT2D eigenvalue weighted by molar-refractivity contribution is -0.119. The number of aromatic amines is 1. The molecule has 0 atom stereocenters. The molecule has 0 aliphatic heterocycles. The molecule has 11 heteroatoms. The van der Waals surface area contributed by atoms with Crippen LogP contribution in [0.25, 0.3) is 0 Å². The summed E-state index contributed by atoms with van der Waals surface area (Å²) in [6.07, 6.45) is 0. The molecule has 0 fully saturated rings. The van der Waals surface area contributed by atoms with E-state index in [2.05, 4.69) is 20.5 Å². The van der Waals surface area contributed by atoms with E-state index in [4.69, 9.17) is 4.74 Å². The third-order valence-electron chi connectivity index (χ3n) is 4.45.